The van der Waals surface area contributed by atoms with Crippen LogP contribution in [0.5, 0.6) is 0 Å². The number of ether oxygens (including phenoxy) is 1. The third-order valence-corrected chi connectivity index (χ3v) is 3.09. The zero-order valence-electron chi connectivity index (χ0n) is 11.7. The molecular weight excluding hydrogens is 216 g/mol. The van der Waals surface area contributed by atoms with Crippen LogP contribution >= 0.6 is 0 Å². The summed E-state index contributed by atoms with van der Waals surface area (Å²) < 4.78 is 5.33. The molecule has 0 aromatic heterocycles. The number of rotatable bonds is 3. The minimum Gasteiger partial charge on any atom is -0.449 e. The molecule has 0 saturated carbocycles. The lowest BCUT2D eigenvalue weighted by atomic mass is 9.99. The van der Waals surface area contributed by atoms with E-state index in [9.17, 15) is 4.79 Å². The van der Waals surface area contributed by atoms with Crippen LogP contribution in [0.2, 0.25) is 0 Å². The van der Waals surface area contributed by atoms with Gasteiger partial charge in [0.1, 0.15) is 0 Å². The van der Waals surface area contributed by atoms with Crippen molar-refractivity contribution in [3.8, 4) is 0 Å². The Morgan fingerprint density at radius 2 is 2.06 bits per heavy atom. The number of carbonyl (C=O) groups is 1. The molecule has 0 aliphatic carbocycles. The van der Waals surface area contributed by atoms with Gasteiger partial charge in [0, 0.05) is 25.2 Å². The lowest BCUT2D eigenvalue weighted by molar-refractivity contribution is 0.0509. The third kappa shape index (κ3) is 4.19. The Morgan fingerprint density at radius 1 is 1.41 bits per heavy atom. The van der Waals surface area contributed by atoms with Gasteiger partial charge in [-0.25, -0.2) is 4.79 Å². The maximum Gasteiger partial charge on any atom is 0.410 e. The van der Waals surface area contributed by atoms with Gasteiger partial charge in [0.15, 0.2) is 0 Å². The molecule has 4 heteroatoms. The molecule has 1 aliphatic rings. The van der Waals surface area contributed by atoms with Gasteiger partial charge in [-0.3, -0.25) is 0 Å². The standard InChI is InChI=1S/C13H26N2O2/c1-9(2)8-17-13(16)15-7-11(5)14-6-12(15)10(3)4/h9-12,14H,6-8H2,1-5H3. The highest BCUT2D eigenvalue weighted by atomic mass is 16.6. The molecule has 100 valence electrons. The van der Waals surface area contributed by atoms with E-state index < -0.39 is 0 Å². The van der Waals surface area contributed by atoms with E-state index >= 15 is 0 Å². The predicted octanol–water partition coefficient (Wildman–Crippen LogP) is 2.10. The van der Waals surface area contributed by atoms with E-state index in [0.717, 1.165) is 13.1 Å². The fraction of sp³-hybridized carbons (Fsp3) is 0.923. The molecule has 1 saturated heterocycles. The average Bonchev–Trinajstić information content (AvgIpc) is 2.25. The summed E-state index contributed by atoms with van der Waals surface area (Å²) in [6, 6.07) is 0.586. The van der Waals surface area contributed by atoms with Crippen LogP contribution in [0.3, 0.4) is 0 Å². The van der Waals surface area contributed by atoms with E-state index in [2.05, 4.69) is 26.1 Å². The molecule has 1 heterocycles. The fourth-order valence-corrected chi connectivity index (χ4v) is 2.05. The number of amides is 1. The SMILES string of the molecule is CC(C)COC(=O)N1CC(C)NCC1C(C)C. The zero-order valence-corrected chi connectivity index (χ0v) is 11.7. The number of hydrogen-bond acceptors (Lipinski definition) is 3. The van der Waals surface area contributed by atoms with Gasteiger partial charge >= 0.3 is 6.09 Å². The summed E-state index contributed by atoms with van der Waals surface area (Å²) in [6.07, 6.45) is -0.161. The Hall–Kier alpha value is -0.770. The summed E-state index contributed by atoms with van der Waals surface area (Å²) in [4.78, 5) is 13.9. The molecule has 1 fully saturated rings. The first-order valence-corrected chi connectivity index (χ1v) is 6.58. The Kier molecular flexibility index (Phi) is 5.25. The maximum atomic E-state index is 12.0. The average molecular weight is 242 g/mol. The normalized spacial score (nSPS) is 25.5. The number of piperazine rings is 1. The highest BCUT2D eigenvalue weighted by Gasteiger charge is 2.32. The smallest absolute Gasteiger partial charge is 0.410 e. The van der Waals surface area contributed by atoms with Gasteiger partial charge in [0.25, 0.3) is 0 Å². The summed E-state index contributed by atoms with van der Waals surface area (Å²) in [5, 5.41) is 3.41. The first kappa shape index (κ1) is 14.3. The van der Waals surface area contributed by atoms with Crippen molar-refractivity contribution in [2.75, 3.05) is 19.7 Å². The minimum atomic E-state index is -0.161. The second-order valence-electron chi connectivity index (χ2n) is 5.74. The summed E-state index contributed by atoms with van der Waals surface area (Å²) in [6.45, 7) is 12.6. The first-order chi connectivity index (χ1) is 7.91. The lowest BCUT2D eigenvalue weighted by Gasteiger charge is -2.40. The number of hydrogen-bond donors (Lipinski definition) is 1. The summed E-state index contributed by atoms with van der Waals surface area (Å²) in [5.74, 6) is 0.832. The van der Waals surface area contributed by atoms with Crippen molar-refractivity contribution < 1.29 is 9.53 Å². The highest BCUT2D eigenvalue weighted by molar-refractivity contribution is 5.68. The summed E-state index contributed by atoms with van der Waals surface area (Å²) in [5.41, 5.74) is 0. The molecular formula is C13H26N2O2. The summed E-state index contributed by atoms with van der Waals surface area (Å²) in [7, 11) is 0. The van der Waals surface area contributed by atoms with Gasteiger partial charge < -0.3 is 15.0 Å². The number of carbonyl (C=O) groups excluding carboxylic acids is 1. The Labute approximate surface area is 105 Å². The molecule has 0 spiro atoms. The first-order valence-electron chi connectivity index (χ1n) is 6.58. The molecule has 4 nitrogen and oxygen atoms in total. The van der Waals surface area contributed by atoms with Crippen LogP contribution in [0.1, 0.15) is 34.6 Å². The van der Waals surface area contributed by atoms with E-state index in [1.807, 2.05) is 18.7 Å². The topological polar surface area (TPSA) is 41.6 Å². The number of nitrogens with one attached hydrogen (secondary N) is 1. The second-order valence-corrected chi connectivity index (χ2v) is 5.74. The van der Waals surface area contributed by atoms with Crippen LogP contribution in [0.25, 0.3) is 0 Å². The van der Waals surface area contributed by atoms with Crippen molar-refractivity contribution >= 4 is 6.09 Å². The third-order valence-electron chi connectivity index (χ3n) is 3.09. The van der Waals surface area contributed by atoms with Crippen molar-refractivity contribution in [2.45, 2.75) is 46.7 Å². The van der Waals surface area contributed by atoms with Gasteiger partial charge in [0.2, 0.25) is 0 Å². The van der Waals surface area contributed by atoms with E-state index in [1.54, 1.807) is 0 Å². The lowest BCUT2D eigenvalue weighted by Crippen LogP contribution is -2.59. The zero-order chi connectivity index (χ0) is 13.0. The number of nitrogens with zero attached hydrogens (tertiary/aromatic N) is 1. The van der Waals surface area contributed by atoms with Crippen molar-refractivity contribution in [1.82, 2.24) is 10.2 Å². The quantitative estimate of drug-likeness (QED) is 0.824. The van der Waals surface area contributed by atoms with Crippen LogP contribution < -0.4 is 5.32 Å². The Morgan fingerprint density at radius 3 is 2.59 bits per heavy atom. The summed E-state index contributed by atoms with van der Waals surface area (Å²) >= 11 is 0. The van der Waals surface area contributed by atoms with Crippen molar-refractivity contribution in [3.63, 3.8) is 0 Å². The molecule has 1 rings (SSSR count). The van der Waals surface area contributed by atoms with E-state index in [0.29, 0.717) is 24.5 Å². The fourth-order valence-electron chi connectivity index (χ4n) is 2.05. The van der Waals surface area contributed by atoms with Crippen LogP contribution in [0, 0.1) is 11.8 Å². The van der Waals surface area contributed by atoms with Gasteiger partial charge in [-0.1, -0.05) is 27.7 Å². The van der Waals surface area contributed by atoms with Crippen molar-refractivity contribution in [3.05, 3.63) is 0 Å². The van der Waals surface area contributed by atoms with Gasteiger partial charge in [-0.05, 0) is 18.8 Å². The highest BCUT2D eigenvalue weighted by Crippen LogP contribution is 2.16. The Bertz CT molecular complexity index is 254. The van der Waals surface area contributed by atoms with E-state index in [4.69, 9.17) is 4.74 Å². The molecule has 0 radical (unpaired) electrons. The van der Waals surface area contributed by atoms with E-state index in [1.165, 1.54) is 0 Å². The van der Waals surface area contributed by atoms with Crippen LogP contribution in [-0.4, -0.2) is 42.8 Å². The molecule has 0 aromatic carbocycles. The minimum absolute atomic E-state index is 0.161. The molecule has 2 atom stereocenters. The molecule has 0 aromatic rings. The molecule has 1 amide bonds. The van der Waals surface area contributed by atoms with Crippen molar-refractivity contribution in [2.24, 2.45) is 11.8 Å². The molecule has 2 unspecified atom stereocenters. The van der Waals surface area contributed by atoms with Gasteiger partial charge in [-0.2, -0.15) is 0 Å². The van der Waals surface area contributed by atoms with E-state index in [-0.39, 0.29) is 12.1 Å². The second kappa shape index (κ2) is 6.24. The largest absolute Gasteiger partial charge is 0.449 e. The van der Waals surface area contributed by atoms with Crippen LogP contribution in [-0.2, 0) is 4.74 Å². The van der Waals surface area contributed by atoms with Gasteiger partial charge in [-0.15, -0.1) is 0 Å². The molecule has 17 heavy (non-hydrogen) atoms. The maximum absolute atomic E-state index is 12.0. The molecule has 1 aliphatic heterocycles. The van der Waals surface area contributed by atoms with Crippen molar-refractivity contribution in [1.29, 1.82) is 0 Å². The van der Waals surface area contributed by atoms with Gasteiger partial charge in [0.05, 0.1) is 6.61 Å². The van der Waals surface area contributed by atoms with Crippen LogP contribution in [0.4, 0.5) is 4.79 Å². The molecule has 1 N–H and O–H groups in total. The monoisotopic (exact) mass is 242 g/mol. The Balaban J connectivity index is 2.59. The molecule has 0 bridgehead atoms. The van der Waals surface area contributed by atoms with Crippen LogP contribution in [0.15, 0.2) is 0 Å². The predicted molar refractivity (Wildman–Crippen MR) is 69.0 cm³/mol.